The van der Waals surface area contributed by atoms with Gasteiger partial charge < -0.3 is 10.5 Å². The van der Waals surface area contributed by atoms with Gasteiger partial charge >= 0.3 is 6.18 Å². The van der Waals surface area contributed by atoms with Crippen LogP contribution in [0.2, 0.25) is 0 Å². The van der Waals surface area contributed by atoms with E-state index in [4.69, 9.17) is 5.73 Å². The average molecular weight is 255 g/mol. The summed E-state index contributed by atoms with van der Waals surface area (Å²) in [7, 11) is 0. The molecule has 0 bridgehead atoms. The Hall–Kier alpha value is -1.37. The van der Waals surface area contributed by atoms with E-state index in [1.54, 1.807) is 0 Å². The molecular weight excluding hydrogens is 245 g/mol. The minimum absolute atomic E-state index is 0.182. The summed E-state index contributed by atoms with van der Waals surface area (Å²) >= 11 is 0. The van der Waals surface area contributed by atoms with E-state index in [2.05, 4.69) is 4.74 Å². The molecule has 17 heavy (non-hydrogen) atoms. The molecule has 0 fully saturated rings. The van der Waals surface area contributed by atoms with Gasteiger partial charge in [0.15, 0.2) is 24.0 Å². The van der Waals surface area contributed by atoms with Crippen molar-refractivity contribution in [3.63, 3.8) is 0 Å². The van der Waals surface area contributed by atoms with Gasteiger partial charge in [0.25, 0.3) is 0 Å². The molecule has 1 rings (SSSR count). The Bertz CT molecular complexity index is 368. The largest absolute Gasteiger partial charge is 0.478 e. The van der Waals surface area contributed by atoms with Gasteiger partial charge in [0.05, 0.1) is 0 Å². The molecule has 0 aromatic heterocycles. The first-order valence-electron chi connectivity index (χ1n) is 4.71. The normalized spacial score (nSPS) is 11.6. The van der Waals surface area contributed by atoms with Gasteiger partial charge in [-0.15, -0.1) is 0 Å². The molecule has 0 unspecified atom stereocenters. The summed E-state index contributed by atoms with van der Waals surface area (Å²) in [4.78, 5) is 0. The van der Waals surface area contributed by atoms with Gasteiger partial charge in [0, 0.05) is 0 Å². The van der Waals surface area contributed by atoms with E-state index in [0.29, 0.717) is 0 Å². The molecule has 0 amide bonds. The average Bonchev–Trinajstić information content (AvgIpc) is 2.14. The van der Waals surface area contributed by atoms with Gasteiger partial charge in [0.1, 0.15) is 0 Å². The lowest BCUT2D eigenvalue weighted by molar-refractivity contribution is -0.154. The Morgan fingerprint density at radius 3 is 2.06 bits per heavy atom. The Morgan fingerprint density at radius 2 is 1.65 bits per heavy atom. The Balaban J connectivity index is 2.86. The first-order valence-corrected chi connectivity index (χ1v) is 4.71. The van der Waals surface area contributed by atoms with Crippen molar-refractivity contribution in [3.8, 4) is 5.75 Å². The van der Waals surface area contributed by atoms with Crippen LogP contribution in [-0.4, -0.2) is 19.3 Å². The maximum Gasteiger partial charge on any atom is 0.422 e. The molecule has 1 aromatic carbocycles. The summed E-state index contributed by atoms with van der Waals surface area (Å²) in [5.41, 5.74) is 5.46. The van der Waals surface area contributed by atoms with Crippen LogP contribution in [0.1, 0.15) is 5.56 Å². The van der Waals surface area contributed by atoms with Gasteiger partial charge in [0.2, 0.25) is 0 Å². The molecule has 0 radical (unpaired) electrons. The predicted molar refractivity (Wildman–Crippen MR) is 50.7 cm³/mol. The van der Waals surface area contributed by atoms with Crippen LogP contribution in [0.4, 0.5) is 22.0 Å². The molecule has 0 saturated carbocycles. The van der Waals surface area contributed by atoms with Crippen LogP contribution in [-0.2, 0) is 6.42 Å². The van der Waals surface area contributed by atoms with Crippen LogP contribution in [0, 0.1) is 11.6 Å². The smallest absolute Gasteiger partial charge is 0.422 e. The molecule has 7 heteroatoms. The highest BCUT2D eigenvalue weighted by Crippen LogP contribution is 2.25. The zero-order valence-electron chi connectivity index (χ0n) is 8.65. The highest BCUT2D eigenvalue weighted by atomic mass is 19.4. The van der Waals surface area contributed by atoms with Crippen LogP contribution in [0.15, 0.2) is 12.1 Å². The second kappa shape index (κ2) is 5.31. The fourth-order valence-electron chi connectivity index (χ4n) is 1.22. The van der Waals surface area contributed by atoms with E-state index in [-0.39, 0.29) is 18.5 Å². The van der Waals surface area contributed by atoms with Crippen molar-refractivity contribution in [3.05, 3.63) is 29.3 Å². The van der Waals surface area contributed by atoms with Gasteiger partial charge in [-0.25, -0.2) is 8.78 Å². The fraction of sp³-hybridized carbons (Fsp3) is 0.400. The van der Waals surface area contributed by atoms with E-state index in [9.17, 15) is 22.0 Å². The lowest BCUT2D eigenvalue weighted by atomic mass is 10.1. The first kappa shape index (κ1) is 13.7. The summed E-state index contributed by atoms with van der Waals surface area (Å²) in [5.74, 6) is -3.36. The summed E-state index contributed by atoms with van der Waals surface area (Å²) in [6, 6.07) is 1.81. The van der Waals surface area contributed by atoms with E-state index >= 15 is 0 Å². The first-order chi connectivity index (χ1) is 7.83. The summed E-state index contributed by atoms with van der Waals surface area (Å²) < 4.78 is 66.0. The van der Waals surface area contributed by atoms with E-state index in [1.165, 1.54) is 0 Å². The van der Waals surface area contributed by atoms with Gasteiger partial charge in [-0.05, 0) is 30.7 Å². The van der Waals surface area contributed by atoms with Gasteiger partial charge in [-0.2, -0.15) is 13.2 Å². The molecule has 0 heterocycles. The maximum absolute atomic E-state index is 13.2. The molecule has 0 aliphatic rings. The second-order valence-corrected chi connectivity index (χ2v) is 3.33. The monoisotopic (exact) mass is 255 g/mol. The zero-order chi connectivity index (χ0) is 13.1. The van der Waals surface area contributed by atoms with Crippen LogP contribution >= 0.6 is 0 Å². The fourth-order valence-corrected chi connectivity index (χ4v) is 1.22. The van der Waals surface area contributed by atoms with Gasteiger partial charge in [-0.3, -0.25) is 0 Å². The second-order valence-electron chi connectivity index (χ2n) is 3.33. The third kappa shape index (κ3) is 4.18. The number of alkyl halides is 3. The van der Waals surface area contributed by atoms with Crippen molar-refractivity contribution in [2.75, 3.05) is 13.2 Å². The highest BCUT2D eigenvalue weighted by molar-refractivity contribution is 5.31. The van der Waals surface area contributed by atoms with Gasteiger partial charge in [-0.1, -0.05) is 0 Å². The number of ether oxygens (including phenoxy) is 1. The lowest BCUT2D eigenvalue weighted by Gasteiger charge is -2.11. The SMILES string of the molecule is NCCc1cc(F)c(OCC(F)(F)F)c(F)c1. The summed E-state index contributed by atoms with van der Waals surface area (Å²) in [6.45, 7) is -1.56. The van der Waals surface area contributed by atoms with E-state index in [1.807, 2.05) is 0 Å². The third-order valence-electron chi connectivity index (χ3n) is 1.87. The molecule has 96 valence electrons. The number of benzene rings is 1. The number of hydrogen-bond acceptors (Lipinski definition) is 2. The van der Waals surface area contributed by atoms with Crippen molar-refractivity contribution in [2.45, 2.75) is 12.6 Å². The standard InChI is InChI=1S/C10H10F5NO/c11-7-3-6(1-2-16)4-8(12)9(7)17-5-10(13,14)15/h3-4H,1-2,5,16H2. The number of hydrogen-bond donors (Lipinski definition) is 1. The van der Waals surface area contributed by atoms with Crippen molar-refractivity contribution < 1.29 is 26.7 Å². The molecule has 0 saturated heterocycles. The minimum atomic E-state index is -4.64. The van der Waals surface area contributed by atoms with Crippen molar-refractivity contribution in [1.82, 2.24) is 0 Å². The predicted octanol–water partition coefficient (Wildman–Crippen LogP) is 2.41. The Kier molecular flexibility index (Phi) is 4.28. The van der Waals surface area contributed by atoms with Crippen LogP contribution < -0.4 is 10.5 Å². The molecule has 0 aliphatic carbocycles. The van der Waals surface area contributed by atoms with Crippen molar-refractivity contribution in [1.29, 1.82) is 0 Å². The number of nitrogens with two attached hydrogens (primary N) is 1. The molecule has 0 atom stereocenters. The molecule has 1 aromatic rings. The Morgan fingerprint density at radius 1 is 1.12 bits per heavy atom. The van der Waals surface area contributed by atoms with Crippen LogP contribution in [0.5, 0.6) is 5.75 Å². The quantitative estimate of drug-likeness (QED) is 0.838. The number of rotatable bonds is 4. The molecule has 2 nitrogen and oxygen atoms in total. The highest BCUT2D eigenvalue weighted by Gasteiger charge is 2.29. The minimum Gasteiger partial charge on any atom is -0.478 e. The van der Waals surface area contributed by atoms with Crippen LogP contribution in [0.25, 0.3) is 0 Å². The molecule has 0 spiro atoms. The third-order valence-corrected chi connectivity index (χ3v) is 1.87. The summed E-state index contributed by atoms with van der Waals surface area (Å²) in [6.07, 6.45) is -4.41. The molecule has 0 aliphatic heterocycles. The van der Waals surface area contributed by atoms with Crippen LogP contribution in [0.3, 0.4) is 0 Å². The molecular formula is C10H10F5NO. The lowest BCUT2D eigenvalue weighted by Crippen LogP contribution is -2.20. The number of halogens is 5. The molecule has 2 N–H and O–H groups in total. The maximum atomic E-state index is 13.2. The summed E-state index contributed by atoms with van der Waals surface area (Å²) in [5, 5.41) is 0. The van der Waals surface area contributed by atoms with Crippen molar-refractivity contribution in [2.24, 2.45) is 5.73 Å². The van der Waals surface area contributed by atoms with E-state index < -0.39 is 30.2 Å². The Labute approximate surface area is 94.2 Å². The topological polar surface area (TPSA) is 35.2 Å². The van der Waals surface area contributed by atoms with Crippen molar-refractivity contribution >= 4 is 0 Å². The van der Waals surface area contributed by atoms with E-state index in [0.717, 1.165) is 12.1 Å². The zero-order valence-corrected chi connectivity index (χ0v) is 8.65.